The van der Waals surface area contributed by atoms with Crippen LogP contribution in [0.25, 0.3) is 0 Å². The van der Waals surface area contributed by atoms with Gasteiger partial charge in [-0.2, -0.15) is 10.1 Å². The second-order valence-electron chi connectivity index (χ2n) is 7.54. The molecule has 12 heteroatoms. The summed E-state index contributed by atoms with van der Waals surface area (Å²) in [5, 5.41) is 21.9. The standard InChI is InChI=1S/C23H29N7O5/c1-5-7-10-24-22(33)26-15-8-9-17(18(12-15)34-4)35-23-25-14(3)11-19(28-23)27-20-13-16(21(31)32)29-30(20)6-2/h8-9,11-13H,5-7,10H2,1-4H3,(H,31,32)(H2,24,26,33)(H,25,27,28). The van der Waals surface area contributed by atoms with Gasteiger partial charge in [0.2, 0.25) is 0 Å². The summed E-state index contributed by atoms with van der Waals surface area (Å²) >= 11 is 0. The maximum atomic E-state index is 12.0. The van der Waals surface area contributed by atoms with Crippen LogP contribution < -0.4 is 25.4 Å². The minimum atomic E-state index is -1.12. The van der Waals surface area contributed by atoms with Gasteiger partial charge in [0.05, 0.1) is 7.11 Å². The van der Waals surface area contributed by atoms with Crippen LogP contribution in [0, 0.1) is 6.92 Å². The first-order valence-corrected chi connectivity index (χ1v) is 11.2. The summed E-state index contributed by atoms with van der Waals surface area (Å²) in [5.41, 5.74) is 1.09. The summed E-state index contributed by atoms with van der Waals surface area (Å²) in [6.45, 7) is 6.75. The number of carboxylic acid groups (broad SMARTS) is 1. The van der Waals surface area contributed by atoms with Crippen molar-refractivity contribution in [2.45, 2.75) is 40.2 Å². The molecule has 0 unspecified atom stereocenters. The molecule has 2 amide bonds. The molecular weight excluding hydrogens is 454 g/mol. The van der Waals surface area contributed by atoms with Gasteiger partial charge in [0, 0.05) is 42.7 Å². The van der Waals surface area contributed by atoms with Crippen LogP contribution in [0.4, 0.5) is 22.1 Å². The van der Waals surface area contributed by atoms with Gasteiger partial charge in [-0.1, -0.05) is 13.3 Å². The van der Waals surface area contributed by atoms with E-state index in [0.29, 0.717) is 47.6 Å². The van der Waals surface area contributed by atoms with Crippen molar-refractivity contribution >= 4 is 29.3 Å². The first-order chi connectivity index (χ1) is 16.8. The summed E-state index contributed by atoms with van der Waals surface area (Å²) in [6.07, 6.45) is 1.89. The largest absolute Gasteiger partial charge is 0.493 e. The lowest BCUT2D eigenvalue weighted by Gasteiger charge is -2.13. The lowest BCUT2D eigenvalue weighted by molar-refractivity contribution is 0.0689. The number of nitrogens with one attached hydrogen (secondary N) is 3. The molecule has 1 aromatic carbocycles. The van der Waals surface area contributed by atoms with Crippen LogP contribution in [-0.4, -0.2) is 50.5 Å². The third-order valence-electron chi connectivity index (χ3n) is 4.83. The molecule has 35 heavy (non-hydrogen) atoms. The zero-order valence-electron chi connectivity index (χ0n) is 20.1. The van der Waals surface area contributed by atoms with Gasteiger partial charge in [-0.05, 0) is 32.4 Å². The fourth-order valence-electron chi connectivity index (χ4n) is 3.13. The fraction of sp³-hybridized carbons (Fsp3) is 0.348. The van der Waals surface area contributed by atoms with Crippen molar-refractivity contribution in [3.8, 4) is 17.5 Å². The molecule has 4 N–H and O–H groups in total. The Morgan fingerprint density at radius 2 is 1.91 bits per heavy atom. The topological polar surface area (TPSA) is 153 Å². The Balaban J connectivity index is 1.77. The van der Waals surface area contributed by atoms with Gasteiger partial charge in [-0.3, -0.25) is 0 Å². The van der Waals surface area contributed by atoms with Gasteiger partial charge in [0.15, 0.2) is 17.2 Å². The Morgan fingerprint density at radius 3 is 2.60 bits per heavy atom. The average Bonchev–Trinajstić information content (AvgIpc) is 3.23. The second-order valence-corrected chi connectivity index (χ2v) is 7.54. The molecule has 2 heterocycles. The molecule has 0 aliphatic rings. The van der Waals surface area contributed by atoms with E-state index in [2.05, 4.69) is 37.9 Å². The normalized spacial score (nSPS) is 10.5. The van der Waals surface area contributed by atoms with Crippen molar-refractivity contribution in [3.05, 3.63) is 41.7 Å². The Bertz CT molecular complexity index is 1190. The number of aromatic carboxylic acids is 1. The minimum Gasteiger partial charge on any atom is -0.493 e. The highest BCUT2D eigenvalue weighted by Gasteiger charge is 2.15. The molecular formula is C23H29N7O5. The quantitative estimate of drug-likeness (QED) is 0.294. The number of hydrogen-bond donors (Lipinski definition) is 4. The van der Waals surface area contributed by atoms with Gasteiger partial charge in [0.1, 0.15) is 11.6 Å². The van der Waals surface area contributed by atoms with Crippen molar-refractivity contribution < 1.29 is 24.2 Å². The van der Waals surface area contributed by atoms with Crippen LogP contribution in [0.15, 0.2) is 30.3 Å². The molecule has 12 nitrogen and oxygen atoms in total. The molecule has 3 rings (SSSR count). The van der Waals surface area contributed by atoms with Crippen LogP contribution >= 0.6 is 0 Å². The maximum Gasteiger partial charge on any atom is 0.356 e. The number of amides is 2. The molecule has 0 spiro atoms. The van der Waals surface area contributed by atoms with Gasteiger partial charge in [0.25, 0.3) is 0 Å². The molecule has 0 aliphatic heterocycles. The number of methoxy groups -OCH3 is 1. The van der Waals surface area contributed by atoms with Crippen LogP contribution in [-0.2, 0) is 6.54 Å². The Hall–Kier alpha value is -4.35. The number of anilines is 3. The Morgan fingerprint density at radius 1 is 1.11 bits per heavy atom. The Kier molecular flexibility index (Phi) is 8.43. The number of unbranched alkanes of at least 4 members (excludes halogenated alkanes) is 1. The number of aromatic nitrogens is 4. The Labute approximate surface area is 202 Å². The van der Waals surface area contributed by atoms with E-state index in [0.717, 1.165) is 12.8 Å². The number of carbonyl (C=O) groups excluding carboxylic acids is 1. The van der Waals surface area contributed by atoms with E-state index in [1.165, 1.54) is 17.9 Å². The van der Waals surface area contributed by atoms with E-state index < -0.39 is 5.97 Å². The number of hydrogen-bond acceptors (Lipinski definition) is 8. The highest BCUT2D eigenvalue weighted by Crippen LogP contribution is 2.33. The monoisotopic (exact) mass is 483 g/mol. The summed E-state index contributed by atoms with van der Waals surface area (Å²) in [4.78, 5) is 32.0. The number of nitrogens with zero attached hydrogens (tertiary/aromatic N) is 4. The van der Waals surface area contributed by atoms with Gasteiger partial charge < -0.3 is 30.5 Å². The summed E-state index contributed by atoms with van der Waals surface area (Å²) in [5.74, 6) is 0.490. The van der Waals surface area contributed by atoms with Crippen LogP contribution in [0.5, 0.6) is 17.5 Å². The van der Waals surface area contributed by atoms with E-state index >= 15 is 0 Å². The van der Waals surface area contributed by atoms with Crippen LogP contribution in [0.2, 0.25) is 0 Å². The van der Waals surface area contributed by atoms with Gasteiger partial charge >= 0.3 is 18.0 Å². The number of rotatable bonds is 11. The number of benzene rings is 1. The molecule has 0 radical (unpaired) electrons. The SMILES string of the molecule is CCCCNC(=O)Nc1ccc(Oc2nc(C)cc(Nc3cc(C(=O)O)nn3CC)n2)c(OC)c1. The summed E-state index contributed by atoms with van der Waals surface area (Å²) < 4.78 is 12.8. The first-order valence-electron chi connectivity index (χ1n) is 11.2. The van der Waals surface area contributed by atoms with E-state index in [1.807, 2.05) is 6.92 Å². The van der Waals surface area contributed by atoms with Crippen molar-refractivity contribution in [2.24, 2.45) is 0 Å². The maximum absolute atomic E-state index is 12.0. The first kappa shape index (κ1) is 25.3. The molecule has 2 aromatic heterocycles. The molecule has 0 saturated carbocycles. The average molecular weight is 484 g/mol. The lowest BCUT2D eigenvalue weighted by Crippen LogP contribution is -2.29. The van der Waals surface area contributed by atoms with E-state index in [-0.39, 0.29) is 17.7 Å². The zero-order chi connectivity index (χ0) is 25.4. The third kappa shape index (κ3) is 6.82. The molecule has 0 aliphatic carbocycles. The number of ether oxygens (including phenoxy) is 2. The highest BCUT2D eigenvalue weighted by molar-refractivity contribution is 5.89. The fourth-order valence-corrected chi connectivity index (χ4v) is 3.13. The second kappa shape index (κ2) is 11.7. The zero-order valence-corrected chi connectivity index (χ0v) is 20.1. The van der Waals surface area contributed by atoms with Crippen molar-refractivity contribution in [1.82, 2.24) is 25.1 Å². The van der Waals surface area contributed by atoms with Crippen molar-refractivity contribution in [3.63, 3.8) is 0 Å². The highest BCUT2D eigenvalue weighted by atomic mass is 16.5. The number of aryl methyl sites for hydroxylation is 2. The number of carbonyl (C=O) groups is 2. The lowest BCUT2D eigenvalue weighted by atomic mass is 10.2. The molecule has 3 aromatic rings. The number of urea groups is 1. The van der Waals surface area contributed by atoms with E-state index in [4.69, 9.17) is 9.47 Å². The van der Waals surface area contributed by atoms with Gasteiger partial charge in [-0.25, -0.2) is 19.3 Å². The van der Waals surface area contributed by atoms with Crippen LogP contribution in [0.3, 0.4) is 0 Å². The molecule has 0 bridgehead atoms. The molecule has 186 valence electrons. The van der Waals surface area contributed by atoms with Gasteiger partial charge in [-0.15, -0.1) is 0 Å². The number of carboxylic acids is 1. The summed E-state index contributed by atoms with van der Waals surface area (Å²) in [6, 6.07) is 7.84. The third-order valence-corrected chi connectivity index (χ3v) is 4.83. The van der Waals surface area contributed by atoms with Crippen molar-refractivity contribution in [2.75, 3.05) is 24.3 Å². The van der Waals surface area contributed by atoms with E-state index in [1.54, 1.807) is 31.2 Å². The smallest absolute Gasteiger partial charge is 0.356 e. The predicted molar refractivity (Wildman–Crippen MR) is 130 cm³/mol. The summed E-state index contributed by atoms with van der Waals surface area (Å²) in [7, 11) is 1.49. The van der Waals surface area contributed by atoms with E-state index in [9.17, 15) is 14.7 Å². The minimum absolute atomic E-state index is 0.0600. The molecule has 0 atom stereocenters. The predicted octanol–water partition coefficient (Wildman–Crippen LogP) is 4.17. The molecule has 0 fully saturated rings. The van der Waals surface area contributed by atoms with Crippen molar-refractivity contribution in [1.29, 1.82) is 0 Å². The molecule has 0 saturated heterocycles. The van der Waals surface area contributed by atoms with Crippen LogP contribution in [0.1, 0.15) is 42.9 Å².